The molecule has 1 aliphatic rings. The van der Waals surface area contributed by atoms with E-state index in [1.54, 1.807) is 19.2 Å². The van der Waals surface area contributed by atoms with E-state index in [4.69, 9.17) is 10.00 Å². The molecular formula is C19H22FN5O2S. The normalized spacial score (nSPS) is 16.1. The number of ether oxygens (including phenoxy) is 1. The Bertz CT molecular complexity index is 843. The average Bonchev–Trinajstić information content (AvgIpc) is 3.35. The summed E-state index contributed by atoms with van der Waals surface area (Å²) in [6, 6.07) is 8.15. The molecule has 0 aliphatic carbocycles. The van der Waals surface area contributed by atoms with Crippen LogP contribution in [0.3, 0.4) is 0 Å². The number of hydrogen-bond acceptors (Lipinski definition) is 6. The molecule has 1 saturated heterocycles. The second-order valence-electron chi connectivity index (χ2n) is 6.57. The lowest BCUT2D eigenvalue weighted by Crippen LogP contribution is -2.29. The zero-order chi connectivity index (χ0) is 19.9. The van der Waals surface area contributed by atoms with E-state index in [9.17, 15) is 9.18 Å². The van der Waals surface area contributed by atoms with Crippen molar-refractivity contribution >= 4 is 17.7 Å². The minimum Gasteiger partial charge on any atom is -0.376 e. The van der Waals surface area contributed by atoms with Gasteiger partial charge >= 0.3 is 0 Å². The van der Waals surface area contributed by atoms with Crippen LogP contribution in [0.2, 0.25) is 0 Å². The number of carbonyl (C=O) groups excluding carboxylic acids is 1. The lowest BCUT2D eigenvalue weighted by Gasteiger charge is -2.16. The Kier molecular flexibility index (Phi) is 7.01. The van der Waals surface area contributed by atoms with Gasteiger partial charge in [-0.25, -0.2) is 4.39 Å². The standard InChI is InChI=1S/C19H22FN5O2S/c1-24(10-3-9-21)17(26)13-28-19-23-22-18(14-5-7-15(20)8-6-14)25(19)12-16-4-2-11-27-16/h5-8,16H,2-4,10-13H2,1H3. The highest BCUT2D eigenvalue weighted by Gasteiger charge is 2.22. The molecule has 0 saturated carbocycles. The first-order valence-corrected chi connectivity index (χ1v) is 10.1. The van der Waals surface area contributed by atoms with Gasteiger partial charge in [0.15, 0.2) is 11.0 Å². The van der Waals surface area contributed by atoms with E-state index in [1.807, 2.05) is 10.6 Å². The largest absolute Gasteiger partial charge is 0.376 e. The molecule has 1 fully saturated rings. The van der Waals surface area contributed by atoms with Crippen LogP contribution in [-0.4, -0.2) is 57.6 Å². The van der Waals surface area contributed by atoms with Crippen molar-refractivity contribution in [2.24, 2.45) is 0 Å². The fourth-order valence-corrected chi connectivity index (χ4v) is 3.83. The van der Waals surface area contributed by atoms with E-state index in [0.717, 1.165) is 25.0 Å². The topological polar surface area (TPSA) is 84.0 Å². The molecule has 1 unspecified atom stereocenters. The van der Waals surface area contributed by atoms with Gasteiger partial charge in [-0.1, -0.05) is 11.8 Å². The molecule has 2 heterocycles. The molecule has 7 nitrogen and oxygen atoms in total. The molecule has 3 rings (SSSR count). The second-order valence-corrected chi connectivity index (χ2v) is 7.51. The predicted octanol–water partition coefficient (Wildman–Crippen LogP) is 2.73. The number of benzene rings is 1. The van der Waals surface area contributed by atoms with Crippen molar-refractivity contribution in [3.8, 4) is 17.5 Å². The van der Waals surface area contributed by atoms with Crippen LogP contribution in [0.5, 0.6) is 0 Å². The number of rotatable bonds is 8. The van der Waals surface area contributed by atoms with E-state index in [-0.39, 0.29) is 23.6 Å². The highest BCUT2D eigenvalue weighted by molar-refractivity contribution is 7.99. The molecule has 28 heavy (non-hydrogen) atoms. The molecule has 1 aliphatic heterocycles. The monoisotopic (exact) mass is 403 g/mol. The summed E-state index contributed by atoms with van der Waals surface area (Å²) in [4.78, 5) is 13.8. The van der Waals surface area contributed by atoms with Gasteiger partial charge in [0.1, 0.15) is 5.82 Å². The Morgan fingerprint density at radius 2 is 2.21 bits per heavy atom. The number of carbonyl (C=O) groups is 1. The molecule has 1 amide bonds. The van der Waals surface area contributed by atoms with Gasteiger partial charge in [-0.05, 0) is 37.1 Å². The average molecular weight is 403 g/mol. The maximum absolute atomic E-state index is 13.3. The first kappa shape index (κ1) is 20.3. The molecule has 0 radical (unpaired) electrons. The maximum Gasteiger partial charge on any atom is 0.232 e. The van der Waals surface area contributed by atoms with E-state index in [1.165, 1.54) is 28.8 Å². The van der Waals surface area contributed by atoms with Gasteiger partial charge in [0.05, 0.1) is 30.9 Å². The van der Waals surface area contributed by atoms with Crippen molar-refractivity contribution in [3.05, 3.63) is 30.1 Å². The zero-order valence-corrected chi connectivity index (χ0v) is 16.5. The molecule has 2 aromatic rings. The van der Waals surface area contributed by atoms with Gasteiger partial charge < -0.3 is 9.64 Å². The Labute approximate surface area is 167 Å². The van der Waals surface area contributed by atoms with Crippen LogP contribution in [0, 0.1) is 17.1 Å². The third-order valence-corrected chi connectivity index (χ3v) is 5.49. The van der Waals surface area contributed by atoms with Crippen molar-refractivity contribution in [2.75, 3.05) is 26.0 Å². The van der Waals surface area contributed by atoms with Crippen LogP contribution in [0.15, 0.2) is 29.4 Å². The highest BCUT2D eigenvalue weighted by atomic mass is 32.2. The number of halogens is 1. The molecule has 9 heteroatoms. The lowest BCUT2D eigenvalue weighted by molar-refractivity contribution is -0.127. The Balaban J connectivity index is 1.77. The molecule has 1 aromatic carbocycles. The molecule has 0 bridgehead atoms. The summed E-state index contributed by atoms with van der Waals surface area (Å²) in [7, 11) is 1.68. The van der Waals surface area contributed by atoms with Crippen LogP contribution in [0.25, 0.3) is 11.4 Å². The van der Waals surface area contributed by atoms with Gasteiger partial charge in [-0.3, -0.25) is 9.36 Å². The predicted molar refractivity (Wildman–Crippen MR) is 103 cm³/mol. The summed E-state index contributed by atoms with van der Waals surface area (Å²) in [5.41, 5.74) is 0.760. The second kappa shape index (κ2) is 9.66. The molecular weight excluding hydrogens is 381 g/mol. The number of hydrogen-bond donors (Lipinski definition) is 0. The third-order valence-electron chi connectivity index (χ3n) is 4.54. The van der Waals surface area contributed by atoms with Crippen molar-refractivity contribution in [1.82, 2.24) is 19.7 Å². The lowest BCUT2D eigenvalue weighted by atomic mass is 10.2. The molecule has 1 aromatic heterocycles. The van der Waals surface area contributed by atoms with Crippen molar-refractivity contribution in [3.63, 3.8) is 0 Å². The Hall–Kier alpha value is -2.44. The first-order valence-electron chi connectivity index (χ1n) is 9.13. The number of nitrogens with zero attached hydrogens (tertiary/aromatic N) is 5. The van der Waals surface area contributed by atoms with E-state index >= 15 is 0 Å². The first-order chi connectivity index (χ1) is 13.6. The van der Waals surface area contributed by atoms with Crippen molar-refractivity contribution in [2.45, 2.75) is 37.1 Å². The maximum atomic E-state index is 13.3. The summed E-state index contributed by atoms with van der Waals surface area (Å²) in [5, 5.41) is 17.8. The van der Waals surface area contributed by atoms with Gasteiger partial charge in [0.25, 0.3) is 0 Å². The van der Waals surface area contributed by atoms with Gasteiger partial charge in [0.2, 0.25) is 5.91 Å². The molecule has 1 atom stereocenters. The van der Waals surface area contributed by atoms with E-state index in [2.05, 4.69) is 10.2 Å². The van der Waals surface area contributed by atoms with Crippen molar-refractivity contribution in [1.29, 1.82) is 5.26 Å². The summed E-state index contributed by atoms with van der Waals surface area (Å²) >= 11 is 1.30. The van der Waals surface area contributed by atoms with Crippen LogP contribution in [0.4, 0.5) is 4.39 Å². The summed E-state index contributed by atoms with van der Waals surface area (Å²) in [5.74, 6) is 0.447. The van der Waals surface area contributed by atoms with E-state index < -0.39 is 0 Å². The van der Waals surface area contributed by atoms with Crippen LogP contribution in [-0.2, 0) is 16.1 Å². The van der Waals surface area contributed by atoms with Crippen LogP contribution >= 0.6 is 11.8 Å². The summed E-state index contributed by atoms with van der Waals surface area (Å²) in [6.45, 7) is 1.73. The SMILES string of the molecule is CN(CCC#N)C(=O)CSc1nnc(-c2ccc(F)cc2)n1CC1CCCO1. The zero-order valence-electron chi connectivity index (χ0n) is 15.7. The van der Waals surface area contributed by atoms with Gasteiger partial charge in [-0.2, -0.15) is 5.26 Å². The van der Waals surface area contributed by atoms with Gasteiger partial charge in [0, 0.05) is 25.8 Å². The van der Waals surface area contributed by atoms with Gasteiger partial charge in [-0.15, -0.1) is 10.2 Å². The number of amides is 1. The Morgan fingerprint density at radius 3 is 2.89 bits per heavy atom. The van der Waals surface area contributed by atoms with Crippen LogP contribution in [0.1, 0.15) is 19.3 Å². The highest BCUT2D eigenvalue weighted by Crippen LogP contribution is 2.27. The minimum atomic E-state index is -0.311. The summed E-state index contributed by atoms with van der Waals surface area (Å²) in [6.07, 6.45) is 2.35. The fraction of sp³-hybridized carbons (Fsp3) is 0.474. The van der Waals surface area contributed by atoms with Crippen molar-refractivity contribution < 1.29 is 13.9 Å². The quantitative estimate of drug-likeness (QED) is 0.630. The van der Waals surface area contributed by atoms with E-state index in [0.29, 0.717) is 30.5 Å². The molecule has 0 spiro atoms. The molecule has 148 valence electrons. The minimum absolute atomic E-state index is 0.0727. The summed E-state index contributed by atoms with van der Waals surface area (Å²) < 4.78 is 21.0. The smallest absolute Gasteiger partial charge is 0.232 e. The third kappa shape index (κ3) is 5.09. The number of thioether (sulfide) groups is 1. The fourth-order valence-electron chi connectivity index (χ4n) is 2.94. The number of nitriles is 1. The number of aromatic nitrogens is 3. The van der Waals surface area contributed by atoms with Crippen LogP contribution < -0.4 is 0 Å². The Morgan fingerprint density at radius 1 is 1.43 bits per heavy atom. The molecule has 0 N–H and O–H groups in total.